The molecule has 0 saturated heterocycles. The molecule has 1 aliphatic heterocycles. The standard InChI is InChI=1S/C14H17FN2O/c1-2-11-4-3-9-17(10-11)16-14(18)12-5-7-13(15)8-6-12/h4-8H,2-3,9-10H2,1H3,(H,16,18). The van der Waals surface area contributed by atoms with Crippen molar-refractivity contribution in [3.63, 3.8) is 0 Å². The van der Waals surface area contributed by atoms with Gasteiger partial charge in [0.05, 0.1) is 0 Å². The highest BCUT2D eigenvalue weighted by molar-refractivity contribution is 5.93. The van der Waals surface area contributed by atoms with Gasteiger partial charge in [0.2, 0.25) is 0 Å². The van der Waals surface area contributed by atoms with Gasteiger partial charge >= 0.3 is 0 Å². The van der Waals surface area contributed by atoms with Crippen LogP contribution in [-0.2, 0) is 0 Å². The molecule has 0 atom stereocenters. The number of carbonyl (C=O) groups excluding carboxylic acids is 1. The summed E-state index contributed by atoms with van der Waals surface area (Å²) in [6, 6.07) is 5.57. The van der Waals surface area contributed by atoms with Gasteiger partial charge in [0.25, 0.3) is 5.91 Å². The van der Waals surface area contributed by atoms with Gasteiger partial charge in [-0.25, -0.2) is 9.40 Å². The Balaban J connectivity index is 1.96. The summed E-state index contributed by atoms with van der Waals surface area (Å²) in [4.78, 5) is 11.9. The maximum Gasteiger partial charge on any atom is 0.265 e. The molecule has 2 rings (SSSR count). The van der Waals surface area contributed by atoms with Crippen molar-refractivity contribution in [3.8, 4) is 0 Å². The zero-order chi connectivity index (χ0) is 13.0. The first-order chi connectivity index (χ1) is 8.69. The van der Waals surface area contributed by atoms with Crippen LogP contribution in [0.15, 0.2) is 35.9 Å². The summed E-state index contributed by atoms with van der Waals surface area (Å²) in [5.41, 5.74) is 4.66. The van der Waals surface area contributed by atoms with Crippen LogP contribution in [0.25, 0.3) is 0 Å². The van der Waals surface area contributed by atoms with E-state index in [-0.39, 0.29) is 11.7 Å². The quantitative estimate of drug-likeness (QED) is 0.834. The fraction of sp³-hybridized carbons (Fsp3) is 0.357. The molecule has 0 unspecified atom stereocenters. The topological polar surface area (TPSA) is 32.3 Å². The number of rotatable bonds is 3. The molecular formula is C14H17FN2O. The highest BCUT2D eigenvalue weighted by Crippen LogP contribution is 2.11. The van der Waals surface area contributed by atoms with Crippen molar-refractivity contribution in [2.45, 2.75) is 19.8 Å². The van der Waals surface area contributed by atoms with Gasteiger partial charge in [0, 0.05) is 18.7 Å². The second kappa shape index (κ2) is 5.78. The Morgan fingerprint density at radius 2 is 2.11 bits per heavy atom. The molecule has 1 aromatic carbocycles. The van der Waals surface area contributed by atoms with Crippen LogP contribution in [0, 0.1) is 5.82 Å². The first-order valence-electron chi connectivity index (χ1n) is 6.18. The molecule has 1 aromatic rings. The maximum atomic E-state index is 12.8. The predicted octanol–water partition coefficient (Wildman–Crippen LogP) is 2.51. The molecule has 0 aliphatic carbocycles. The largest absolute Gasteiger partial charge is 0.284 e. The Bertz CT molecular complexity index is 453. The van der Waals surface area contributed by atoms with Gasteiger partial charge in [-0.1, -0.05) is 18.6 Å². The molecule has 4 heteroatoms. The third-order valence-electron chi connectivity index (χ3n) is 3.05. The average molecular weight is 248 g/mol. The number of nitrogens with zero attached hydrogens (tertiary/aromatic N) is 1. The fourth-order valence-corrected chi connectivity index (χ4v) is 1.97. The normalized spacial score (nSPS) is 16.2. The summed E-state index contributed by atoms with van der Waals surface area (Å²) < 4.78 is 12.8. The molecule has 18 heavy (non-hydrogen) atoms. The summed E-state index contributed by atoms with van der Waals surface area (Å²) in [6.45, 7) is 3.69. The van der Waals surface area contributed by atoms with Gasteiger partial charge in [0.15, 0.2) is 0 Å². The Morgan fingerprint density at radius 1 is 1.39 bits per heavy atom. The molecule has 0 saturated carbocycles. The highest BCUT2D eigenvalue weighted by atomic mass is 19.1. The van der Waals surface area contributed by atoms with Gasteiger partial charge in [-0.3, -0.25) is 10.2 Å². The van der Waals surface area contributed by atoms with Crippen LogP contribution in [0.5, 0.6) is 0 Å². The summed E-state index contributed by atoms with van der Waals surface area (Å²) in [7, 11) is 0. The number of nitrogens with one attached hydrogen (secondary N) is 1. The molecule has 1 amide bonds. The number of amides is 1. The van der Waals surface area contributed by atoms with E-state index in [1.54, 1.807) is 0 Å². The monoisotopic (exact) mass is 248 g/mol. The van der Waals surface area contributed by atoms with Crippen molar-refractivity contribution >= 4 is 5.91 Å². The summed E-state index contributed by atoms with van der Waals surface area (Å²) in [5.74, 6) is -0.520. The van der Waals surface area contributed by atoms with Crippen molar-refractivity contribution in [2.24, 2.45) is 0 Å². The fourth-order valence-electron chi connectivity index (χ4n) is 1.97. The number of hydrazine groups is 1. The molecule has 96 valence electrons. The summed E-state index contributed by atoms with van der Waals surface area (Å²) in [5, 5.41) is 1.91. The minimum atomic E-state index is -0.333. The summed E-state index contributed by atoms with van der Waals surface area (Å²) in [6.07, 6.45) is 4.18. The number of hydrogen-bond donors (Lipinski definition) is 1. The lowest BCUT2D eigenvalue weighted by atomic mass is 10.1. The number of carbonyl (C=O) groups is 1. The van der Waals surface area contributed by atoms with Crippen LogP contribution in [0.1, 0.15) is 30.1 Å². The summed E-state index contributed by atoms with van der Waals surface area (Å²) >= 11 is 0. The van der Waals surface area contributed by atoms with Crippen molar-refractivity contribution < 1.29 is 9.18 Å². The van der Waals surface area contributed by atoms with Gasteiger partial charge in [-0.05, 0) is 37.1 Å². The van der Waals surface area contributed by atoms with Crippen LogP contribution >= 0.6 is 0 Å². The third-order valence-corrected chi connectivity index (χ3v) is 3.05. The lowest BCUT2D eigenvalue weighted by Gasteiger charge is -2.27. The zero-order valence-electron chi connectivity index (χ0n) is 10.4. The van der Waals surface area contributed by atoms with Crippen LogP contribution in [0.2, 0.25) is 0 Å². The molecule has 0 spiro atoms. The van der Waals surface area contributed by atoms with Crippen LogP contribution in [0.3, 0.4) is 0 Å². The van der Waals surface area contributed by atoms with E-state index in [1.165, 1.54) is 29.8 Å². The second-order valence-corrected chi connectivity index (χ2v) is 4.37. The van der Waals surface area contributed by atoms with Crippen molar-refractivity contribution in [3.05, 3.63) is 47.3 Å². The first kappa shape index (κ1) is 12.8. The Kier molecular flexibility index (Phi) is 4.10. The van der Waals surface area contributed by atoms with E-state index in [1.807, 2.05) is 5.01 Å². The molecular weight excluding hydrogens is 231 g/mol. The van der Waals surface area contributed by atoms with Crippen molar-refractivity contribution in [1.82, 2.24) is 10.4 Å². The predicted molar refractivity (Wildman–Crippen MR) is 68.4 cm³/mol. The van der Waals surface area contributed by atoms with E-state index in [4.69, 9.17) is 0 Å². The number of halogens is 1. The van der Waals surface area contributed by atoms with Crippen LogP contribution < -0.4 is 5.43 Å². The third kappa shape index (κ3) is 3.17. The Labute approximate surface area is 106 Å². The zero-order valence-corrected chi connectivity index (χ0v) is 10.4. The van der Waals surface area contributed by atoms with E-state index >= 15 is 0 Å². The lowest BCUT2D eigenvalue weighted by molar-refractivity contribution is 0.0798. The smallest absolute Gasteiger partial charge is 0.265 e. The van der Waals surface area contributed by atoms with Gasteiger partial charge in [0.1, 0.15) is 5.82 Å². The van der Waals surface area contributed by atoms with E-state index in [9.17, 15) is 9.18 Å². The SMILES string of the molecule is CCC1=CCCN(NC(=O)c2ccc(F)cc2)C1. The Hall–Kier alpha value is -1.68. The second-order valence-electron chi connectivity index (χ2n) is 4.37. The molecule has 3 nitrogen and oxygen atoms in total. The molecule has 0 bridgehead atoms. The molecule has 1 heterocycles. The minimum Gasteiger partial charge on any atom is -0.284 e. The number of benzene rings is 1. The first-order valence-corrected chi connectivity index (χ1v) is 6.18. The van der Waals surface area contributed by atoms with Gasteiger partial charge < -0.3 is 0 Å². The highest BCUT2D eigenvalue weighted by Gasteiger charge is 2.14. The van der Waals surface area contributed by atoms with E-state index in [2.05, 4.69) is 18.4 Å². The minimum absolute atomic E-state index is 0.188. The molecule has 1 N–H and O–H groups in total. The maximum absolute atomic E-state index is 12.8. The van der Waals surface area contributed by atoms with E-state index < -0.39 is 0 Å². The van der Waals surface area contributed by atoms with Crippen molar-refractivity contribution in [2.75, 3.05) is 13.1 Å². The van der Waals surface area contributed by atoms with Gasteiger partial charge in [-0.2, -0.15) is 0 Å². The van der Waals surface area contributed by atoms with Crippen LogP contribution in [-0.4, -0.2) is 24.0 Å². The van der Waals surface area contributed by atoms with Crippen LogP contribution in [0.4, 0.5) is 4.39 Å². The lowest BCUT2D eigenvalue weighted by Crippen LogP contribution is -2.45. The van der Waals surface area contributed by atoms with E-state index in [0.29, 0.717) is 5.56 Å². The van der Waals surface area contributed by atoms with Crippen molar-refractivity contribution in [1.29, 1.82) is 0 Å². The number of hydrogen-bond acceptors (Lipinski definition) is 2. The van der Waals surface area contributed by atoms with Gasteiger partial charge in [-0.15, -0.1) is 0 Å². The molecule has 0 aromatic heterocycles. The Morgan fingerprint density at radius 3 is 2.78 bits per heavy atom. The average Bonchev–Trinajstić information content (AvgIpc) is 2.39. The molecule has 0 fully saturated rings. The van der Waals surface area contributed by atoms with E-state index in [0.717, 1.165) is 25.9 Å². The molecule has 0 radical (unpaired) electrons. The molecule has 1 aliphatic rings.